The lowest BCUT2D eigenvalue weighted by atomic mass is 9.96. The van der Waals surface area contributed by atoms with Crippen LogP contribution in [0.5, 0.6) is 0 Å². The molecule has 0 N–H and O–H groups in total. The highest BCUT2D eigenvalue weighted by atomic mass is 16.6. The maximum Gasteiger partial charge on any atom is 0.331 e. The van der Waals surface area contributed by atoms with Crippen molar-refractivity contribution in [3.8, 4) is 0 Å². The van der Waals surface area contributed by atoms with Gasteiger partial charge in [-0.2, -0.15) is 0 Å². The van der Waals surface area contributed by atoms with Gasteiger partial charge in [0.2, 0.25) is 0 Å². The highest BCUT2D eigenvalue weighted by molar-refractivity contribution is 5.81. The van der Waals surface area contributed by atoms with E-state index in [0.717, 1.165) is 11.1 Å². The van der Waals surface area contributed by atoms with Crippen LogP contribution < -0.4 is 0 Å². The Bertz CT molecular complexity index is 378. The zero-order valence-corrected chi connectivity index (χ0v) is 9.41. The second-order valence-corrected chi connectivity index (χ2v) is 4.01. The van der Waals surface area contributed by atoms with Crippen LogP contribution in [0.1, 0.15) is 25.0 Å². The van der Waals surface area contributed by atoms with Gasteiger partial charge in [0, 0.05) is 6.08 Å². The molecular formula is C13H16O2. The van der Waals surface area contributed by atoms with E-state index in [-0.39, 0.29) is 0 Å². The molecule has 0 aromatic heterocycles. The van der Waals surface area contributed by atoms with Gasteiger partial charge in [-0.15, -0.1) is 0 Å². The molecular weight excluding hydrogens is 188 g/mol. The fourth-order valence-corrected chi connectivity index (χ4v) is 1.37. The largest absolute Gasteiger partial charge is 0.452 e. The van der Waals surface area contributed by atoms with Crippen LogP contribution in [-0.4, -0.2) is 5.97 Å². The first-order valence-electron chi connectivity index (χ1n) is 4.88. The summed E-state index contributed by atoms with van der Waals surface area (Å²) >= 11 is 0. The number of ether oxygens (including phenoxy) is 1. The molecule has 0 atom stereocenters. The number of rotatable bonds is 3. The Morgan fingerprint density at radius 1 is 1.47 bits per heavy atom. The molecule has 0 fully saturated rings. The molecule has 0 saturated carbocycles. The third-order valence-electron chi connectivity index (χ3n) is 2.24. The van der Waals surface area contributed by atoms with Crippen molar-refractivity contribution in [1.29, 1.82) is 0 Å². The minimum atomic E-state index is -0.614. The van der Waals surface area contributed by atoms with Crippen molar-refractivity contribution >= 4 is 5.97 Å². The first-order valence-corrected chi connectivity index (χ1v) is 4.88. The van der Waals surface area contributed by atoms with E-state index in [9.17, 15) is 4.79 Å². The Balaban J connectivity index is 2.94. The van der Waals surface area contributed by atoms with Crippen molar-refractivity contribution in [1.82, 2.24) is 0 Å². The molecule has 0 unspecified atom stereocenters. The van der Waals surface area contributed by atoms with E-state index in [4.69, 9.17) is 4.74 Å². The van der Waals surface area contributed by atoms with Crippen LogP contribution in [0.2, 0.25) is 0 Å². The molecule has 0 bridgehead atoms. The van der Waals surface area contributed by atoms with Gasteiger partial charge in [0.25, 0.3) is 0 Å². The minimum absolute atomic E-state index is 0.401. The summed E-state index contributed by atoms with van der Waals surface area (Å²) in [5.74, 6) is -0.401. The minimum Gasteiger partial charge on any atom is -0.452 e. The van der Waals surface area contributed by atoms with Gasteiger partial charge in [-0.3, -0.25) is 0 Å². The molecule has 1 aromatic carbocycles. The Morgan fingerprint density at radius 3 is 2.67 bits per heavy atom. The van der Waals surface area contributed by atoms with Crippen LogP contribution in [0, 0.1) is 6.92 Å². The number of benzene rings is 1. The van der Waals surface area contributed by atoms with Gasteiger partial charge in [0.05, 0.1) is 0 Å². The number of hydrogen-bond donors (Lipinski definition) is 0. The fourth-order valence-electron chi connectivity index (χ4n) is 1.37. The molecule has 0 saturated heterocycles. The molecule has 0 heterocycles. The van der Waals surface area contributed by atoms with Crippen LogP contribution in [0.15, 0.2) is 36.9 Å². The van der Waals surface area contributed by atoms with E-state index >= 15 is 0 Å². The van der Waals surface area contributed by atoms with Crippen LogP contribution in [0.4, 0.5) is 0 Å². The number of esters is 1. The molecule has 1 aromatic rings. The van der Waals surface area contributed by atoms with Gasteiger partial charge in [0.1, 0.15) is 5.60 Å². The highest BCUT2D eigenvalue weighted by Crippen LogP contribution is 2.25. The van der Waals surface area contributed by atoms with E-state index in [1.807, 2.05) is 45.0 Å². The zero-order chi connectivity index (χ0) is 11.5. The molecule has 1 rings (SSSR count). The SMILES string of the molecule is C=CC(=O)OC(C)(C)c1cccc(C)c1. The molecule has 80 valence electrons. The Kier molecular flexibility index (Phi) is 3.30. The van der Waals surface area contributed by atoms with Crippen molar-refractivity contribution in [2.75, 3.05) is 0 Å². The smallest absolute Gasteiger partial charge is 0.331 e. The van der Waals surface area contributed by atoms with E-state index in [1.165, 1.54) is 6.08 Å². The molecule has 2 nitrogen and oxygen atoms in total. The summed E-state index contributed by atoms with van der Waals surface area (Å²) in [6.07, 6.45) is 1.18. The molecule has 0 spiro atoms. The van der Waals surface area contributed by atoms with E-state index in [1.54, 1.807) is 0 Å². The van der Waals surface area contributed by atoms with Crippen molar-refractivity contribution < 1.29 is 9.53 Å². The van der Waals surface area contributed by atoms with Crippen LogP contribution in [-0.2, 0) is 15.1 Å². The third kappa shape index (κ3) is 2.94. The monoisotopic (exact) mass is 204 g/mol. The predicted molar refractivity (Wildman–Crippen MR) is 60.5 cm³/mol. The van der Waals surface area contributed by atoms with Gasteiger partial charge < -0.3 is 4.74 Å². The Labute approximate surface area is 90.6 Å². The average Bonchev–Trinajstić information content (AvgIpc) is 2.17. The molecule has 15 heavy (non-hydrogen) atoms. The topological polar surface area (TPSA) is 26.3 Å². The summed E-state index contributed by atoms with van der Waals surface area (Å²) in [5.41, 5.74) is 1.52. The molecule has 0 aliphatic heterocycles. The number of carbonyl (C=O) groups is 1. The highest BCUT2D eigenvalue weighted by Gasteiger charge is 2.24. The van der Waals surface area contributed by atoms with Gasteiger partial charge in [-0.1, -0.05) is 36.4 Å². The zero-order valence-electron chi connectivity index (χ0n) is 9.41. The van der Waals surface area contributed by atoms with Crippen LogP contribution >= 0.6 is 0 Å². The van der Waals surface area contributed by atoms with E-state index in [2.05, 4.69) is 6.58 Å². The predicted octanol–water partition coefficient (Wildman–Crippen LogP) is 2.96. The van der Waals surface area contributed by atoms with Gasteiger partial charge in [-0.25, -0.2) is 4.79 Å². The number of aryl methyl sites for hydroxylation is 1. The fraction of sp³-hybridized carbons (Fsp3) is 0.308. The molecule has 0 aliphatic carbocycles. The van der Waals surface area contributed by atoms with Crippen molar-refractivity contribution in [3.05, 3.63) is 48.0 Å². The lowest BCUT2D eigenvalue weighted by Crippen LogP contribution is -2.24. The van der Waals surface area contributed by atoms with Gasteiger partial charge in [0.15, 0.2) is 0 Å². The van der Waals surface area contributed by atoms with Crippen molar-refractivity contribution in [2.45, 2.75) is 26.4 Å². The third-order valence-corrected chi connectivity index (χ3v) is 2.24. The average molecular weight is 204 g/mol. The Morgan fingerprint density at radius 2 is 2.13 bits per heavy atom. The van der Waals surface area contributed by atoms with Gasteiger partial charge in [-0.05, 0) is 26.3 Å². The second kappa shape index (κ2) is 4.30. The molecule has 2 heteroatoms. The van der Waals surface area contributed by atoms with E-state index < -0.39 is 11.6 Å². The maximum absolute atomic E-state index is 11.1. The van der Waals surface area contributed by atoms with E-state index in [0.29, 0.717) is 0 Å². The molecule has 0 radical (unpaired) electrons. The van der Waals surface area contributed by atoms with Crippen molar-refractivity contribution in [3.63, 3.8) is 0 Å². The normalized spacial score (nSPS) is 10.9. The summed E-state index contributed by atoms with van der Waals surface area (Å²) in [5, 5.41) is 0. The number of hydrogen-bond acceptors (Lipinski definition) is 2. The lowest BCUT2D eigenvalue weighted by Gasteiger charge is -2.25. The molecule has 0 amide bonds. The summed E-state index contributed by atoms with van der Waals surface area (Å²) < 4.78 is 5.27. The first kappa shape index (κ1) is 11.5. The standard InChI is InChI=1S/C13H16O2/c1-5-12(14)15-13(3,4)11-8-6-7-10(2)9-11/h5-9H,1H2,2-4H3. The van der Waals surface area contributed by atoms with Crippen molar-refractivity contribution in [2.24, 2.45) is 0 Å². The van der Waals surface area contributed by atoms with Gasteiger partial charge >= 0.3 is 5.97 Å². The second-order valence-electron chi connectivity index (χ2n) is 4.01. The first-order chi connectivity index (χ1) is 6.95. The number of carbonyl (C=O) groups excluding carboxylic acids is 1. The summed E-state index contributed by atoms with van der Waals surface area (Å²) in [7, 11) is 0. The molecule has 0 aliphatic rings. The van der Waals surface area contributed by atoms with Crippen LogP contribution in [0.25, 0.3) is 0 Å². The maximum atomic E-state index is 11.1. The summed E-state index contributed by atoms with van der Waals surface area (Å²) in [4.78, 5) is 11.1. The summed E-state index contributed by atoms with van der Waals surface area (Å²) in [6, 6.07) is 7.92. The Hall–Kier alpha value is -1.57. The van der Waals surface area contributed by atoms with Crippen LogP contribution in [0.3, 0.4) is 0 Å². The summed E-state index contributed by atoms with van der Waals surface area (Å²) in [6.45, 7) is 9.12. The quantitative estimate of drug-likeness (QED) is 0.559. The lowest BCUT2D eigenvalue weighted by molar-refractivity contribution is -0.151.